The molecule has 0 spiro atoms. The van der Waals surface area contributed by atoms with E-state index in [-0.39, 0.29) is 23.9 Å². The summed E-state index contributed by atoms with van der Waals surface area (Å²) >= 11 is 0. The van der Waals surface area contributed by atoms with Gasteiger partial charge in [0.05, 0.1) is 11.5 Å². The van der Waals surface area contributed by atoms with E-state index in [1.165, 1.54) is 18.2 Å². The number of nitrogens with zero attached hydrogens (tertiary/aromatic N) is 1. The van der Waals surface area contributed by atoms with Gasteiger partial charge in [-0.05, 0) is 36.2 Å². The third-order valence-corrected chi connectivity index (χ3v) is 3.48. The fourth-order valence-corrected chi connectivity index (χ4v) is 2.19. The van der Waals surface area contributed by atoms with Crippen LogP contribution in [0.2, 0.25) is 0 Å². The first kappa shape index (κ1) is 20.0. The summed E-state index contributed by atoms with van der Waals surface area (Å²) in [5, 5.41) is 16.0. The quantitative estimate of drug-likeness (QED) is 0.513. The van der Waals surface area contributed by atoms with E-state index in [4.69, 9.17) is 0 Å². The molecule has 7 nitrogen and oxygen atoms in total. The number of benzene rings is 2. The number of ether oxygens (including phenoxy) is 1. The van der Waals surface area contributed by atoms with Crippen LogP contribution >= 0.6 is 0 Å². The summed E-state index contributed by atoms with van der Waals surface area (Å²) in [5.74, 6) is -1.27. The van der Waals surface area contributed by atoms with Gasteiger partial charge in [0.15, 0.2) is 0 Å². The molecular formula is C17H16F3N3O4. The van der Waals surface area contributed by atoms with Crippen LogP contribution < -0.4 is 15.4 Å². The normalized spacial score (nSPS) is 10.5. The largest absolute Gasteiger partial charge is 0.435 e. The minimum atomic E-state index is -2.88. The van der Waals surface area contributed by atoms with Crippen molar-refractivity contribution in [2.45, 2.75) is 13.0 Å². The molecule has 0 bridgehead atoms. The second kappa shape index (κ2) is 9.41. The van der Waals surface area contributed by atoms with E-state index >= 15 is 0 Å². The number of halogens is 3. The van der Waals surface area contributed by atoms with Gasteiger partial charge in [0.1, 0.15) is 5.75 Å². The molecule has 0 saturated heterocycles. The molecule has 0 fully saturated rings. The highest BCUT2D eigenvalue weighted by molar-refractivity contribution is 5.80. The lowest BCUT2D eigenvalue weighted by Crippen LogP contribution is -2.31. The molecule has 27 heavy (non-hydrogen) atoms. The molecule has 0 unspecified atom stereocenters. The Bertz CT molecular complexity index is 801. The SMILES string of the molecule is O=C(CNc1ccc(F)c([N+](=O)[O-])c1)NCCc1ccc(OC(F)F)cc1. The van der Waals surface area contributed by atoms with Crippen LogP contribution in [0.15, 0.2) is 42.5 Å². The molecule has 2 rings (SSSR count). The second-order valence-electron chi connectivity index (χ2n) is 5.40. The molecule has 10 heteroatoms. The van der Waals surface area contributed by atoms with E-state index in [0.717, 1.165) is 17.7 Å². The van der Waals surface area contributed by atoms with E-state index in [9.17, 15) is 28.1 Å². The van der Waals surface area contributed by atoms with E-state index in [1.807, 2.05) is 0 Å². The molecule has 0 aliphatic rings. The van der Waals surface area contributed by atoms with Gasteiger partial charge in [0, 0.05) is 18.3 Å². The lowest BCUT2D eigenvalue weighted by Gasteiger charge is -2.09. The van der Waals surface area contributed by atoms with Crippen LogP contribution in [0.1, 0.15) is 5.56 Å². The van der Waals surface area contributed by atoms with Gasteiger partial charge in [-0.25, -0.2) is 0 Å². The Morgan fingerprint density at radius 2 is 1.89 bits per heavy atom. The van der Waals surface area contributed by atoms with Crippen LogP contribution in [-0.2, 0) is 11.2 Å². The summed E-state index contributed by atoms with van der Waals surface area (Å²) < 4.78 is 41.6. The molecule has 0 aliphatic carbocycles. The van der Waals surface area contributed by atoms with Crippen LogP contribution in [0.3, 0.4) is 0 Å². The van der Waals surface area contributed by atoms with Gasteiger partial charge in [-0.3, -0.25) is 14.9 Å². The maximum atomic E-state index is 13.2. The predicted octanol–water partition coefficient (Wildman–Crippen LogP) is 3.11. The highest BCUT2D eigenvalue weighted by Gasteiger charge is 2.14. The van der Waals surface area contributed by atoms with Crippen molar-refractivity contribution in [2.75, 3.05) is 18.4 Å². The number of rotatable bonds is 9. The van der Waals surface area contributed by atoms with Crippen LogP contribution in [0, 0.1) is 15.9 Å². The number of amides is 1. The topological polar surface area (TPSA) is 93.5 Å². The van der Waals surface area contributed by atoms with Crippen LogP contribution in [0.5, 0.6) is 5.75 Å². The average Bonchev–Trinajstić information content (AvgIpc) is 2.62. The summed E-state index contributed by atoms with van der Waals surface area (Å²) in [6.45, 7) is -2.73. The fourth-order valence-electron chi connectivity index (χ4n) is 2.19. The third kappa shape index (κ3) is 6.49. The molecule has 2 N–H and O–H groups in total. The summed E-state index contributed by atoms with van der Waals surface area (Å²) in [6.07, 6.45) is 0.475. The van der Waals surface area contributed by atoms with E-state index in [2.05, 4.69) is 15.4 Å². The highest BCUT2D eigenvalue weighted by Crippen LogP contribution is 2.21. The summed E-state index contributed by atoms with van der Waals surface area (Å²) in [6, 6.07) is 9.28. The number of nitro benzene ring substituents is 1. The molecule has 1 amide bonds. The smallest absolute Gasteiger partial charge is 0.387 e. The third-order valence-electron chi connectivity index (χ3n) is 3.48. The van der Waals surface area contributed by atoms with Crippen LogP contribution in [-0.4, -0.2) is 30.5 Å². The molecule has 0 saturated carbocycles. The average molecular weight is 383 g/mol. The molecule has 144 valence electrons. The summed E-state index contributed by atoms with van der Waals surface area (Å²) in [7, 11) is 0. The lowest BCUT2D eigenvalue weighted by atomic mass is 10.1. The first-order valence-corrected chi connectivity index (χ1v) is 7.83. The second-order valence-corrected chi connectivity index (χ2v) is 5.40. The Morgan fingerprint density at radius 1 is 1.19 bits per heavy atom. The van der Waals surface area contributed by atoms with Crippen molar-refractivity contribution in [1.82, 2.24) is 5.32 Å². The van der Waals surface area contributed by atoms with Gasteiger partial charge >= 0.3 is 12.3 Å². The van der Waals surface area contributed by atoms with Gasteiger partial charge in [0.25, 0.3) is 0 Å². The van der Waals surface area contributed by atoms with Crippen molar-refractivity contribution < 1.29 is 27.6 Å². The Labute approximate surface area is 152 Å². The Morgan fingerprint density at radius 3 is 2.52 bits per heavy atom. The molecule has 0 aliphatic heterocycles. The van der Waals surface area contributed by atoms with Gasteiger partial charge in [-0.15, -0.1) is 0 Å². The van der Waals surface area contributed by atoms with Crippen LogP contribution in [0.25, 0.3) is 0 Å². The maximum absolute atomic E-state index is 13.2. The lowest BCUT2D eigenvalue weighted by molar-refractivity contribution is -0.387. The minimum Gasteiger partial charge on any atom is -0.435 e. The molecule has 0 radical (unpaired) electrons. The van der Waals surface area contributed by atoms with Crippen LogP contribution in [0.4, 0.5) is 24.5 Å². The molecule has 0 atom stereocenters. The number of carbonyl (C=O) groups excluding carboxylic acids is 1. The zero-order valence-corrected chi connectivity index (χ0v) is 14.0. The minimum absolute atomic E-state index is 0.0513. The van der Waals surface area contributed by atoms with Crippen molar-refractivity contribution in [2.24, 2.45) is 0 Å². The van der Waals surface area contributed by atoms with E-state index in [1.54, 1.807) is 12.1 Å². The first-order valence-electron chi connectivity index (χ1n) is 7.83. The molecule has 0 aromatic heterocycles. The number of alkyl halides is 2. The van der Waals surface area contributed by atoms with Gasteiger partial charge in [-0.1, -0.05) is 12.1 Å². The van der Waals surface area contributed by atoms with Crippen molar-refractivity contribution in [3.63, 3.8) is 0 Å². The van der Waals surface area contributed by atoms with E-state index in [0.29, 0.717) is 13.0 Å². The highest BCUT2D eigenvalue weighted by atomic mass is 19.3. The van der Waals surface area contributed by atoms with Crippen molar-refractivity contribution in [3.05, 3.63) is 64.0 Å². The number of nitrogens with one attached hydrogen (secondary N) is 2. The predicted molar refractivity (Wildman–Crippen MR) is 91.3 cm³/mol. The number of hydrogen-bond donors (Lipinski definition) is 2. The van der Waals surface area contributed by atoms with Gasteiger partial charge in [0.2, 0.25) is 11.7 Å². The standard InChI is InChI=1S/C17H16F3N3O4/c18-14-6-3-12(9-15(14)23(25)26)22-10-16(24)21-8-7-11-1-4-13(5-2-11)27-17(19)20/h1-6,9,17,22H,7-8,10H2,(H,21,24). The monoisotopic (exact) mass is 383 g/mol. The zero-order chi connectivity index (χ0) is 19.8. The van der Waals surface area contributed by atoms with Crippen molar-refractivity contribution in [1.29, 1.82) is 0 Å². The van der Waals surface area contributed by atoms with Gasteiger partial charge in [-0.2, -0.15) is 13.2 Å². The fraction of sp³-hybridized carbons (Fsp3) is 0.235. The summed E-state index contributed by atoms with van der Waals surface area (Å²) in [4.78, 5) is 21.6. The Hall–Kier alpha value is -3.30. The maximum Gasteiger partial charge on any atom is 0.387 e. The molecule has 0 heterocycles. The molecular weight excluding hydrogens is 367 g/mol. The number of anilines is 1. The zero-order valence-electron chi connectivity index (χ0n) is 14.0. The van der Waals surface area contributed by atoms with Crippen molar-refractivity contribution in [3.8, 4) is 5.75 Å². The number of carbonyl (C=O) groups is 1. The number of hydrogen-bond acceptors (Lipinski definition) is 5. The van der Waals surface area contributed by atoms with E-state index < -0.39 is 23.0 Å². The Balaban J connectivity index is 1.75. The molecule has 2 aromatic rings. The number of nitro groups is 1. The first-order chi connectivity index (χ1) is 12.8. The molecule has 2 aromatic carbocycles. The van der Waals surface area contributed by atoms with Gasteiger partial charge < -0.3 is 15.4 Å². The Kier molecular flexibility index (Phi) is 6.98. The van der Waals surface area contributed by atoms with Crippen molar-refractivity contribution >= 4 is 17.3 Å². The summed E-state index contributed by atoms with van der Waals surface area (Å²) in [5.41, 5.74) is 0.381.